The van der Waals surface area contributed by atoms with Gasteiger partial charge in [-0.3, -0.25) is 10.1 Å². The van der Waals surface area contributed by atoms with Crippen LogP contribution in [0.2, 0.25) is 5.02 Å². The minimum atomic E-state index is -0.438. The lowest BCUT2D eigenvalue weighted by Gasteiger charge is -2.06. The van der Waals surface area contributed by atoms with E-state index in [1.807, 2.05) is 24.3 Å². The zero-order chi connectivity index (χ0) is 14.8. The van der Waals surface area contributed by atoms with E-state index in [0.29, 0.717) is 17.3 Å². The summed E-state index contributed by atoms with van der Waals surface area (Å²) in [7, 11) is 0. The molecule has 0 atom stereocenters. The highest BCUT2D eigenvalue weighted by Gasteiger charge is 2.14. The van der Waals surface area contributed by atoms with E-state index in [9.17, 15) is 10.1 Å². The summed E-state index contributed by atoms with van der Waals surface area (Å²) in [6.45, 7) is 0.415. The van der Waals surface area contributed by atoms with Gasteiger partial charge in [-0.25, -0.2) is 0 Å². The zero-order valence-corrected chi connectivity index (χ0v) is 11.6. The SMILES string of the molecule is O=[N+]([O-])c1ccc(Cl)cc1NCc1coc2ccccc12. The van der Waals surface area contributed by atoms with Gasteiger partial charge in [0.05, 0.1) is 11.2 Å². The highest BCUT2D eigenvalue weighted by Crippen LogP contribution is 2.29. The van der Waals surface area contributed by atoms with Gasteiger partial charge in [0.1, 0.15) is 11.3 Å². The van der Waals surface area contributed by atoms with Crippen LogP contribution in [-0.2, 0) is 6.54 Å². The zero-order valence-electron chi connectivity index (χ0n) is 10.9. The molecular weight excluding hydrogens is 292 g/mol. The van der Waals surface area contributed by atoms with Crippen LogP contribution >= 0.6 is 11.6 Å². The van der Waals surface area contributed by atoms with Gasteiger partial charge in [-0.1, -0.05) is 29.8 Å². The van der Waals surface area contributed by atoms with Gasteiger partial charge >= 0.3 is 0 Å². The fourth-order valence-corrected chi connectivity index (χ4v) is 2.34. The molecule has 0 radical (unpaired) electrons. The molecule has 0 bridgehead atoms. The molecule has 0 amide bonds. The highest BCUT2D eigenvalue weighted by molar-refractivity contribution is 6.31. The Morgan fingerprint density at radius 3 is 2.86 bits per heavy atom. The van der Waals surface area contributed by atoms with Crippen molar-refractivity contribution in [2.45, 2.75) is 6.54 Å². The van der Waals surface area contributed by atoms with Crippen molar-refractivity contribution in [1.82, 2.24) is 0 Å². The number of hydrogen-bond acceptors (Lipinski definition) is 4. The maximum atomic E-state index is 11.0. The normalized spacial score (nSPS) is 10.7. The molecule has 0 spiro atoms. The fraction of sp³-hybridized carbons (Fsp3) is 0.0667. The van der Waals surface area contributed by atoms with E-state index in [-0.39, 0.29) is 5.69 Å². The second-order valence-electron chi connectivity index (χ2n) is 4.53. The first-order valence-electron chi connectivity index (χ1n) is 6.28. The monoisotopic (exact) mass is 302 g/mol. The number of fused-ring (bicyclic) bond motifs is 1. The van der Waals surface area contributed by atoms with Gasteiger partial charge in [-0.2, -0.15) is 0 Å². The Labute approximate surface area is 125 Å². The molecule has 0 aliphatic rings. The van der Waals surface area contributed by atoms with Crippen molar-refractivity contribution in [3.8, 4) is 0 Å². The first kappa shape index (κ1) is 13.5. The largest absolute Gasteiger partial charge is 0.464 e. The molecule has 0 aliphatic heterocycles. The maximum Gasteiger partial charge on any atom is 0.292 e. The molecule has 1 aromatic heterocycles. The van der Waals surface area contributed by atoms with Gasteiger partial charge < -0.3 is 9.73 Å². The third-order valence-corrected chi connectivity index (χ3v) is 3.42. The molecule has 2 aromatic carbocycles. The average Bonchev–Trinajstić information content (AvgIpc) is 2.88. The Hall–Kier alpha value is -2.53. The van der Waals surface area contributed by atoms with Gasteiger partial charge in [0.25, 0.3) is 5.69 Å². The Bertz CT molecular complexity index is 814. The molecule has 0 saturated carbocycles. The molecule has 0 saturated heterocycles. The summed E-state index contributed by atoms with van der Waals surface area (Å²) in [6, 6.07) is 12.1. The van der Waals surface area contributed by atoms with Crippen LogP contribution in [0.25, 0.3) is 11.0 Å². The van der Waals surface area contributed by atoms with Gasteiger partial charge in [0, 0.05) is 28.6 Å². The lowest BCUT2D eigenvalue weighted by molar-refractivity contribution is -0.384. The Morgan fingerprint density at radius 1 is 1.24 bits per heavy atom. The molecule has 3 aromatic rings. The van der Waals surface area contributed by atoms with E-state index < -0.39 is 4.92 Å². The van der Waals surface area contributed by atoms with Crippen molar-refractivity contribution in [3.05, 3.63) is 69.4 Å². The number of para-hydroxylation sites is 1. The standard InChI is InChI=1S/C15H11ClN2O3/c16-11-5-6-14(18(19)20)13(7-11)17-8-10-9-21-15-4-2-1-3-12(10)15/h1-7,9,17H,8H2. The second-order valence-corrected chi connectivity index (χ2v) is 4.97. The van der Waals surface area contributed by atoms with E-state index in [4.69, 9.17) is 16.0 Å². The van der Waals surface area contributed by atoms with Crippen LogP contribution in [0.5, 0.6) is 0 Å². The molecule has 5 nitrogen and oxygen atoms in total. The molecule has 6 heteroatoms. The predicted molar refractivity (Wildman–Crippen MR) is 81.6 cm³/mol. The van der Waals surface area contributed by atoms with E-state index in [1.165, 1.54) is 12.1 Å². The van der Waals surface area contributed by atoms with Crippen molar-refractivity contribution < 1.29 is 9.34 Å². The van der Waals surface area contributed by atoms with Crippen molar-refractivity contribution in [2.75, 3.05) is 5.32 Å². The third-order valence-electron chi connectivity index (χ3n) is 3.19. The van der Waals surface area contributed by atoms with Crippen molar-refractivity contribution in [2.24, 2.45) is 0 Å². The number of hydrogen-bond donors (Lipinski definition) is 1. The highest BCUT2D eigenvalue weighted by atomic mass is 35.5. The number of nitrogens with zero attached hydrogens (tertiary/aromatic N) is 1. The summed E-state index contributed by atoms with van der Waals surface area (Å²) in [5.41, 5.74) is 2.10. The van der Waals surface area contributed by atoms with Crippen LogP contribution in [0.15, 0.2) is 53.1 Å². The molecule has 3 rings (SSSR count). The summed E-state index contributed by atoms with van der Waals surface area (Å²) in [5.74, 6) is 0. The van der Waals surface area contributed by atoms with Gasteiger partial charge in [-0.15, -0.1) is 0 Å². The lowest BCUT2D eigenvalue weighted by atomic mass is 10.1. The van der Waals surface area contributed by atoms with Crippen molar-refractivity contribution in [1.29, 1.82) is 0 Å². The van der Waals surface area contributed by atoms with E-state index >= 15 is 0 Å². The van der Waals surface area contributed by atoms with Crippen molar-refractivity contribution >= 4 is 33.9 Å². The summed E-state index contributed by atoms with van der Waals surface area (Å²) in [5, 5.41) is 15.5. The Balaban J connectivity index is 1.88. The van der Waals surface area contributed by atoms with Crippen LogP contribution in [-0.4, -0.2) is 4.92 Å². The Kier molecular flexibility index (Phi) is 3.50. The number of rotatable bonds is 4. The van der Waals surface area contributed by atoms with Crippen LogP contribution in [0, 0.1) is 10.1 Å². The molecule has 1 heterocycles. The quantitative estimate of drug-likeness (QED) is 0.564. The summed E-state index contributed by atoms with van der Waals surface area (Å²) >= 11 is 5.90. The molecule has 21 heavy (non-hydrogen) atoms. The maximum absolute atomic E-state index is 11.0. The third kappa shape index (κ3) is 2.68. The van der Waals surface area contributed by atoms with Crippen LogP contribution < -0.4 is 5.32 Å². The minimum absolute atomic E-state index is 0.00722. The van der Waals surface area contributed by atoms with Crippen LogP contribution in [0.3, 0.4) is 0 Å². The van der Waals surface area contributed by atoms with E-state index in [2.05, 4.69) is 5.32 Å². The number of anilines is 1. The number of benzene rings is 2. The topological polar surface area (TPSA) is 68.3 Å². The fourth-order valence-electron chi connectivity index (χ4n) is 2.17. The number of nitro benzene ring substituents is 1. The average molecular weight is 303 g/mol. The molecule has 0 aliphatic carbocycles. The summed E-state index contributed by atoms with van der Waals surface area (Å²) in [4.78, 5) is 10.6. The molecule has 1 N–H and O–H groups in total. The number of furan rings is 1. The van der Waals surface area contributed by atoms with Gasteiger partial charge in [-0.05, 0) is 18.2 Å². The molecule has 0 fully saturated rings. The first-order valence-corrected chi connectivity index (χ1v) is 6.66. The second kappa shape index (κ2) is 5.46. The lowest BCUT2D eigenvalue weighted by Crippen LogP contribution is -2.02. The molecular formula is C15H11ClN2O3. The van der Waals surface area contributed by atoms with E-state index in [1.54, 1.807) is 12.3 Å². The first-order chi connectivity index (χ1) is 10.1. The number of nitrogens with one attached hydrogen (secondary N) is 1. The van der Waals surface area contributed by atoms with Crippen LogP contribution in [0.1, 0.15) is 5.56 Å². The summed E-state index contributed by atoms with van der Waals surface area (Å²) in [6.07, 6.45) is 1.65. The summed E-state index contributed by atoms with van der Waals surface area (Å²) < 4.78 is 5.44. The van der Waals surface area contributed by atoms with Gasteiger partial charge in [0.15, 0.2) is 0 Å². The smallest absolute Gasteiger partial charge is 0.292 e. The predicted octanol–water partition coefficient (Wildman–Crippen LogP) is 4.61. The van der Waals surface area contributed by atoms with Crippen molar-refractivity contribution in [3.63, 3.8) is 0 Å². The number of halogens is 1. The minimum Gasteiger partial charge on any atom is -0.464 e. The van der Waals surface area contributed by atoms with Crippen LogP contribution in [0.4, 0.5) is 11.4 Å². The number of nitro groups is 1. The van der Waals surface area contributed by atoms with E-state index in [0.717, 1.165) is 16.5 Å². The molecule has 0 unspecified atom stereocenters. The molecule has 106 valence electrons. The Morgan fingerprint density at radius 2 is 2.05 bits per heavy atom. The van der Waals surface area contributed by atoms with Gasteiger partial charge in [0.2, 0.25) is 0 Å².